The maximum Gasteiger partial charge on any atom is 0.188 e. The second-order valence-corrected chi connectivity index (χ2v) is 3.97. The number of aryl methyl sites for hydroxylation is 1. The zero-order chi connectivity index (χ0) is 11.8. The first-order valence-electron chi connectivity index (χ1n) is 5.81. The number of nitrogens with zero attached hydrogens (tertiary/aromatic N) is 1. The summed E-state index contributed by atoms with van der Waals surface area (Å²) in [5.41, 5.74) is 8.19. The van der Waals surface area contributed by atoms with Gasteiger partial charge in [0, 0.05) is 6.54 Å². The summed E-state index contributed by atoms with van der Waals surface area (Å²) in [6, 6.07) is 8.32. The summed E-state index contributed by atoms with van der Waals surface area (Å²) in [7, 11) is 0. The monoisotopic (exact) mass is 347 g/mol. The maximum absolute atomic E-state index is 5.74. The Bertz CT molecular complexity index is 350. The van der Waals surface area contributed by atoms with Crippen LogP contribution in [-0.4, -0.2) is 12.5 Å². The summed E-state index contributed by atoms with van der Waals surface area (Å²) in [6.07, 6.45) is 2.29. The molecule has 0 amide bonds. The Balaban J connectivity index is 0.00000256. The quantitative estimate of drug-likeness (QED) is 0.372. The largest absolute Gasteiger partial charge is 0.370 e. The van der Waals surface area contributed by atoms with Crippen molar-refractivity contribution < 1.29 is 0 Å². The Labute approximate surface area is 121 Å². The molecule has 0 radical (unpaired) electrons. The number of rotatable bonds is 5. The van der Waals surface area contributed by atoms with E-state index >= 15 is 0 Å². The van der Waals surface area contributed by atoms with Crippen molar-refractivity contribution in [3.05, 3.63) is 35.4 Å². The molecule has 4 heteroatoms. The summed E-state index contributed by atoms with van der Waals surface area (Å²) in [5, 5.41) is 3.10. The Hall–Kier alpha value is -0.780. The molecule has 0 aliphatic heterocycles. The molecule has 1 aromatic rings. The highest BCUT2D eigenvalue weighted by molar-refractivity contribution is 14.0. The van der Waals surface area contributed by atoms with E-state index in [0.29, 0.717) is 12.5 Å². The van der Waals surface area contributed by atoms with Crippen molar-refractivity contribution in [1.82, 2.24) is 5.32 Å². The molecule has 0 fully saturated rings. The molecule has 0 saturated carbocycles. The molecule has 1 rings (SSSR count). The topological polar surface area (TPSA) is 50.4 Å². The summed E-state index contributed by atoms with van der Waals surface area (Å²) >= 11 is 0. The average molecular weight is 347 g/mol. The van der Waals surface area contributed by atoms with E-state index in [2.05, 4.69) is 42.4 Å². The van der Waals surface area contributed by atoms with Gasteiger partial charge in [-0.25, -0.2) is 4.99 Å². The first-order valence-corrected chi connectivity index (χ1v) is 5.81. The molecule has 17 heavy (non-hydrogen) atoms. The van der Waals surface area contributed by atoms with Crippen LogP contribution in [0.25, 0.3) is 0 Å². The van der Waals surface area contributed by atoms with Gasteiger partial charge in [-0.2, -0.15) is 0 Å². The predicted octanol–water partition coefficient (Wildman–Crippen LogP) is 2.82. The molecule has 0 heterocycles. The van der Waals surface area contributed by atoms with Gasteiger partial charge in [-0.1, -0.05) is 43.2 Å². The fraction of sp³-hybridized carbons (Fsp3) is 0.462. The Morgan fingerprint density at radius 2 is 2.18 bits per heavy atom. The van der Waals surface area contributed by atoms with Crippen molar-refractivity contribution >= 4 is 29.9 Å². The first-order chi connectivity index (χ1) is 7.72. The number of aliphatic imine (C=N–C) groups is 1. The van der Waals surface area contributed by atoms with Crippen LogP contribution < -0.4 is 11.1 Å². The molecule has 3 nitrogen and oxygen atoms in total. The van der Waals surface area contributed by atoms with Crippen molar-refractivity contribution in [2.75, 3.05) is 6.54 Å². The normalized spacial score (nSPS) is 10.8. The van der Waals surface area contributed by atoms with Gasteiger partial charge in [-0.3, -0.25) is 0 Å². The first kappa shape index (κ1) is 16.2. The van der Waals surface area contributed by atoms with Crippen LogP contribution in [0.5, 0.6) is 0 Å². The lowest BCUT2D eigenvalue weighted by atomic mass is 10.1. The zero-order valence-electron chi connectivity index (χ0n) is 10.6. The molecular formula is C13H22IN3. The lowest BCUT2D eigenvalue weighted by Gasteiger charge is -2.04. The Morgan fingerprint density at radius 1 is 1.41 bits per heavy atom. The number of benzene rings is 1. The summed E-state index contributed by atoms with van der Waals surface area (Å²) in [4.78, 5) is 4.29. The van der Waals surface area contributed by atoms with E-state index in [0.717, 1.165) is 19.4 Å². The molecule has 0 aliphatic carbocycles. The fourth-order valence-corrected chi connectivity index (χ4v) is 1.44. The molecule has 96 valence electrons. The molecule has 0 aromatic heterocycles. The van der Waals surface area contributed by atoms with E-state index in [-0.39, 0.29) is 24.0 Å². The minimum absolute atomic E-state index is 0. The average Bonchev–Trinajstić information content (AvgIpc) is 2.27. The van der Waals surface area contributed by atoms with Gasteiger partial charge in [0.15, 0.2) is 5.96 Å². The molecule has 0 saturated heterocycles. The molecule has 0 aliphatic rings. The van der Waals surface area contributed by atoms with Gasteiger partial charge in [0.1, 0.15) is 0 Å². The summed E-state index contributed by atoms with van der Waals surface area (Å²) < 4.78 is 0. The van der Waals surface area contributed by atoms with Gasteiger partial charge < -0.3 is 11.1 Å². The SMILES string of the molecule is CCCCNC(N)=NCc1cccc(C)c1.I. The van der Waals surface area contributed by atoms with Gasteiger partial charge >= 0.3 is 0 Å². The van der Waals surface area contributed by atoms with Crippen molar-refractivity contribution in [3.63, 3.8) is 0 Å². The van der Waals surface area contributed by atoms with Crippen LogP contribution in [0.1, 0.15) is 30.9 Å². The highest BCUT2D eigenvalue weighted by Gasteiger charge is 1.93. The summed E-state index contributed by atoms with van der Waals surface area (Å²) in [6.45, 7) is 5.78. The van der Waals surface area contributed by atoms with E-state index in [1.165, 1.54) is 11.1 Å². The number of hydrogen-bond acceptors (Lipinski definition) is 1. The van der Waals surface area contributed by atoms with Gasteiger partial charge in [0.05, 0.1) is 6.54 Å². The van der Waals surface area contributed by atoms with Crippen molar-refractivity contribution in [3.8, 4) is 0 Å². The number of unbranched alkanes of at least 4 members (excludes halogenated alkanes) is 1. The smallest absolute Gasteiger partial charge is 0.188 e. The molecule has 1 aromatic carbocycles. The Kier molecular flexibility index (Phi) is 8.85. The van der Waals surface area contributed by atoms with Crippen LogP contribution in [0.2, 0.25) is 0 Å². The Morgan fingerprint density at radius 3 is 2.82 bits per heavy atom. The van der Waals surface area contributed by atoms with E-state index in [1.54, 1.807) is 0 Å². The molecule has 3 N–H and O–H groups in total. The summed E-state index contributed by atoms with van der Waals surface area (Å²) in [5.74, 6) is 0.537. The highest BCUT2D eigenvalue weighted by atomic mass is 127. The van der Waals surface area contributed by atoms with E-state index in [9.17, 15) is 0 Å². The third-order valence-corrected chi connectivity index (χ3v) is 2.35. The number of nitrogens with two attached hydrogens (primary N) is 1. The van der Waals surface area contributed by atoms with Crippen LogP contribution in [-0.2, 0) is 6.54 Å². The molecule has 0 bridgehead atoms. The molecule has 0 unspecified atom stereocenters. The lowest BCUT2D eigenvalue weighted by molar-refractivity contribution is 0.748. The zero-order valence-corrected chi connectivity index (χ0v) is 12.9. The van der Waals surface area contributed by atoms with Crippen molar-refractivity contribution in [2.45, 2.75) is 33.2 Å². The highest BCUT2D eigenvalue weighted by Crippen LogP contribution is 2.04. The second kappa shape index (κ2) is 9.27. The second-order valence-electron chi connectivity index (χ2n) is 3.97. The minimum atomic E-state index is 0. The van der Waals surface area contributed by atoms with Gasteiger partial charge in [0.25, 0.3) is 0 Å². The number of halogens is 1. The lowest BCUT2D eigenvalue weighted by Crippen LogP contribution is -2.32. The fourth-order valence-electron chi connectivity index (χ4n) is 1.44. The van der Waals surface area contributed by atoms with E-state index in [1.807, 2.05) is 6.07 Å². The van der Waals surface area contributed by atoms with Crippen LogP contribution >= 0.6 is 24.0 Å². The van der Waals surface area contributed by atoms with Crippen molar-refractivity contribution in [1.29, 1.82) is 0 Å². The predicted molar refractivity (Wildman–Crippen MR) is 84.8 cm³/mol. The van der Waals surface area contributed by atoms with Crippen LogP contribution in [0, 0.1) is 6.92 Å². The third kappa shape index (κ3) is 7.20. The van der Waals surface area contributed by atoms with Crippen LogP contribution in [0.3, 0.4) is 0 Å². The molecule has 0 atom stereocenters. The van der Waals surface area contributed by atoms with Crippen LogP contribution in [0.15, 0.2) is 29.3 Å². The van der Waals surface area contributed by atoms with Gasteiger partial charge in [-0.05, 0) is 18.9 Å². The number of nitrogens with one attached hydrogen (secondary N) is 1. The molecule has 0 spiro atoms. The van der Waals surface area contributed by atoms with Crippen LogP contribution in [0.4, 0.5) is 0 Å². The maximum atomic E-state index is 5.74. The van der Waals surface area contributed by atoms with E-state index in [4.69, 9.17) is 5.73 Å². The van der Waals surface area contributed by atoms with Gasteiger partial charge in [0.2, 0.25) is 0 Å². The standard InChI is InChI=1S/C13H21N3.HI/c1-3-4-8-15-13(14)16-10-12-7-5-6-11(2)9-12;/h5-7,9H,3-4,8,10H2,1-2H3,(H3,14,15,16);1H. The van der Waals surface area contributed by atoms with Gasteiger partial charge in [-0.15, -0.1) is 24.0 Å². The van der Waals surface area contributed by atoms with E-state index < -0.39 is 0 Å². The van der Waals surface area contributed by atoms with Crippen molar-refractivity contribution in [2.24, 2.45) is 10.7 Å². The molecular weight excluding hydrogens is 325 g/mol. The number of guanidine groups is 1. The third-order valence-electron chi connectivity index (χ3n) is 2.35. The number of hydrogen-bond donors (Lipinski definition) is 2. The minimum Gasteiger partial charge on any atom is -0.370 e.